The number of rotatable bonds is 6. The second kappa shape index (κ2) is 6.86. The normalized spacial score (nSPS) is 11.8. The number of benzene rings is 1. The van der Waals surface area contributed by atoms with E-state index in [4.69, 9.17) is 15.2 Å². The van der Waals surface area contributed by atoms with E-state index in [-0.39, 0.29) is 11.8 Å². The standard InChI is InChI=1S/C13H20N2O3/c1-15-13(16)10(8-14)6-9-7-11(17-2)4-5-12(9)18-3/h4-5,7,10H,6,8,14H2,1-3H3,(H,15,16). The third-order valence-corrected chi connectivity index (χ3v) is 2.86. The Morgan fingerprint density at radius 2 is 2.11 bits per heavy atom. The Balaban J connectivity index is 2.96. The van der Waals surface area contributed by atoms with Gasteiger partial charge in [-0.05, 0) is 30.2 Å². The second-order valence-corrected chi connectivity index (χ2v) is 3.93. The van der Waals surface area contributed by atoms with E-state index in [0.29, 0.717) is 13.0 Å². The number of carbonyl (C=O) groups excluding carboxylic acids is 1. The van der Waals surface area contributed by atoms with E-state index >= 15 is 0 Å². The number of methoxy groups -OCH3 is 2. The highest BCUT2D eigenvalue weighted by Crippen LogP contribution is 2.26. The van der Waals surface area contributed by atoms with Gasteiger partial charge in [-0.25, -0.2) is 0 Å². The minimum Gasteiger partial charge on any atom is -0.497 e. The Bertz CT molecular complexity index is 407. The van der Waals surface area contributed by atoms with Crippen molar-refractivity contribution in [3.63, 3.8) is 0 Å². The number of hydrogen-bond acceptors (Lipinski definition) is 4. The lowest BCUT2D eigenvalue weighted by molar-refractivity contribution is -0.124. The van der Waals surface area contributed by atoms with Gasteiger partial charge >= 0.3 is 0 Å². The second-order valence-electron chi connectivity index (χ2n) is 3.93. The summed E-state index contributed by atoms with van der Waals surface area (Å²) in [5.41, 5.74) is 6.54. The van der Waals surface area contributed by atoms with Gasteiger partial charge in [0.05, 0.1) is 20.1 Å². The first-order valence-corrected chi connectivity index (χ1v) is 5.78. The van der Waals surface area contributed by atoms with Crippen LogP contribution >= 0.6 is 0 Å². The van der Waals surface area contributed by atoms with Crippen LogP contribution in [0.1, 0.15) is 5.56 Å². The summed E-state index contributed by atoms with van der Waals surface area (Å²) in [6.07, 6.45) is 0.524. The lowest BCUT2D eigenvalue weighted by Crippen LogP contribution is -2.34. The lowest BCUT2D eigenvalue weighted by atomic mass is 9.97. The fourth-order valence-electron chi connectivity index (χ4n) is 1.79. The number of ether oxygens (including phenoxy) is 2. The highest BCUT2D eigenvalue weighted by Gasteiger charge is 2.18. The first kappa shape index (κ1) is 14.3. The summed E-state index contributed by atoms with van der Waals surface area (Å²) < 4.78 is 10.4. The van der Waals surface area contributed by atoms with Crippen molar-refractivity contribution in [1.29, 1.82) is 0 Å². The Morgan fingerprint density at radius 3 is 2.61 bits per heavy atom. The molecule has 0 radical (unpaired) electrons. The summed E-state index contributed by atoms with van der Waals surface area (Å²) in [6.45, 7) is 0.292. The third-order valence-electron chi connectivity index (χ3n) is 2.86. The lowest BCUT2D eigenvalue weighted by Gasteiger charge is -2.16. The highest BCUT2D eigenvalue weighted by molar-refractivity contribution is 5.79. The molecule has 0 bridgehead atoms. The smallest absolute Gasteiger partial charge is 0.224 e. The molecule has 1 aromatic rings. The molecule has 0 aliphatic carbocycles. The van der Waals surface area contributed by atoms with Gasteiger partial charge in [-0.3, -0.25) is 4.79 Å². The molecule has 3 N–H and O–H groups in total. The third kappa shape index (κ3) is 3.37. The molecule has 1 aromatic carbocycles. The number of amides is 1. The summed E-state index contributed by atoms with van der Waals surface area (Å²) in [7, 11) is 4.81. The van der Waals surface area contributed by atoms with Gasteiger partial charge in [-0.2, -0.15) is 0 Å². The maximum Gasteiger partial charge on any atom is 0.224 e. The average molecular weight is 252 g/mol. The quantitative estimate of drug-likeness (QED) is 0.776. The van der Waals surface area contributed by atoms with Gasteiger partial charge in [0.1, 0.15) is 11.5 Å². The summed E-state index contributed by atoms with van der Waals surface area (Å²) in [5, 5.41) is 2.61. The molecule has 5 nitrogen and oxygen atoms in total. The van der Waals surface area contributed by atoms with Crippen molar-refractivity contribution in [3.05, 3.63) is 23.8 Å². The van der Waals surface area contributed by atoms with Gasteiger partial charge in [0.2, 0.25) is 5.91 Å². The maximum atomic E-state index is 11.6. The Morgan fingerprint density at radius 1 is 1.39 bits per heavy atom. The molecule has 0 heterocycles. The molecule has 100 valence electrons. The molecule has 0 saturated carbocycles. The van der Waals surface area contributed by atoms with Crippen molar-refractivity contribution in [1.82, 2.24) is 5.32 Å². The molecule has 0 aromatic heterocycles. The molecule has 0 spiro atoms. The monoisotopic (exact) mass is 252 g/mol. The molecule has 1 rings (SSSR count). The highest BCUT2D eigenvalue weighted by atomic mass is 16.5. The van der Waals surface area contributed by atoms with Crippen LogP contribution < -0.4 is 20.5 Å². The Kier molecular flexibility index (Phi) is 5.45. The van der Waals surface area contributed by atoms with Crippen LogP contribution in [0.2, 0.25) is 0 Å². The molecule has 0 aliphatic rings. The largest absolute Gasteiger partial charge is 0.497 e. The van der Waals surface area contributed by atoms with Gasteiger partial charge in [0.15, 0.2) is 0 Å². The van der Waals surface area contributed by atoms with Crippen LogP contribution in [0.3, 0.4) is 0 Å². The van der Waals surface area contributed by atoms with Gasteiger partial charge in [-0.15, -0.1) is 0 Å². The van der Waals surface area contributed by atoms with Crippen molar-refractivity contribution in [3.8, 4) is 11.5 Å². The van der Waals surface area contributed by atoms with Crippen molar-refractivity contribution < 1.29 is 14.3 Å². The molecular weight excluding hydrogens is 232 g/mol. The number of nitrogens with two attached hydrogens (primary N) is 1. The Hall–Kier alpha value is -1.75. The molecule has 5 heteroatoms. The van der Waals surface area contributed by atoms with Gasteiger partial charge in [0.25, 0.3) is 0 Å². The van der Waals surface area contributed by atoms with Crippen LogP contribution in [-0.4, -0.2) is 33.7 Å². The zero-order valence-corrected chi connectivity index (χ0v) is 11.0. The average Bonchev–Trinajstić information content (AvgIpc) is 2.43. The topological polar surface area (TPSA) is 73.6 Å². The number of carbonyl (C=O) groups is 1. The first-order chi connectivity index (χ1) is 8.65. The van der Waals surface area contributed by atoms with Gasteiger partial charge < -0.3 is 20.5 Å². The number of hydrogen-bond donors (Lipinski definition) is 2. The van der Waals surface area contributed by atoms with E-state index in [1.807, 2.05) is 18.2 Å². The summed E-state index contributed by atoms with van der Waals surface area (Å²) in [4.78, 5) is 11.6. The van der Waals surface area contributed by atoms with Crippen LogP contribution in [0.25, 0.3) is 0 Å². The van der Waals surface area contributed by atoms with Crippen LogP contribution in [0.15, 0.2) is 18.2 Å². The van der Waals surface area contributed by atoms with Crippen LogP contribution in [0, 0.1) is 5.92 Å². The van der Waals surface area contributed by atoms with E-state index in [0.717, 1.165) is 17.1 Å². The predicted molar refractivity (Wildman–Crippen MR) is 69.9 cm³/mol. The summed E-state index contributed by atoms with van der Waals surface area (Å²) >= 11 is 0. The molecule has 0 aliphatic heterocycles. The van der Waals surface area contributed by atoms with Crippen molar-refractivity contribution >= 4 is 5.91 Å². The van der Waals surface area contributed by atoms with E-state index in [1.54, 1.807) is 21.3 Å². The zero-order chi connectivity index (χ0) is 13.5. The minimum atomic E-state index is -0.268. The first-order valence-electron chi connectivity index (χ1n) is 5.78. The molecule has 0 saturated heterocycles. The van der Waals surface area contributed by atoms with Crippen LogP contribution in [0.5, 0.6) is 11.5 Å². The Labute approximate surface area is 107 Å². The fraction of sp³-hybridized carbons (Fsp3) is 0.462. The molecule has 18 heavy (non-hydrogen) atoms. The SMILES string of the molecule is CNC(=O)C(CN)Cc1cc(OC)ccc1OC. The predicted octanol–water partition coefficient (Wildman–Crippen LogP) is 0.567. The molecule has 1 unspecified atom stereocenters. The van der Waals surface area contributed by atoms with Crippen LogP contribution in [0.4, 0.5) is 0 Å². The van der Waals surface area contributed by atoms with Crippen molar-refractivity contribution in [2.24, 2.45) is 11.7 Å². The van der Waals surface area contributed by atoms with E-state index in [9.17, 15) is 4.79 Å². The summed E-state index contributed by atoms with van der Waals surface area (Å²) in [5.74, 6) is 1.13. The molecule has 0 fully saturated rings. The summed E-state index contributed by atoms with van der Waals surface area (Å²) in [6, 6.07) is 5.51. The fourth-order valence-corrected chi connectivity index (χ4v) is 1.79. The molecular formula is C13H20N2O3. The number of nitrogens with one attached hydrogen (secondary N) is 1. The van der Waals surface area contributed by atoms with E-state index < -0.39 is 0 Å². The molecule has 1 amide bonds. The minimum absolute atomic E-state index is 0.0672. The van der Waals surface area contributed by atoms with E-state index in [2.05, 4.69) is 5.32 Å². The zero-order valence-electron chi connectivity index (χ0n) is 11.0. The maximum absolute atomic E-state index is 11.6. The molecule has 1 atom stereocenters. The van der Waals surface area contributed by atoms with E-state index in [1.165, 1.54) is 0 Å². The van der Waals surface area contributed by atoms with Crippen molar-refractivity contribution in [2.75, 3.05) is 27.8 Å². The van der Waals surface area contributed by atoms with Crippen molar-refractivity contribution in [2.45, 2.75) is 6.42 Å². The van der Waals surface area contributed by atoms with Gasteiger partial charge in [0, 0.05) is 13.6 Å². The van der Waals surface area contributed by atoms with Crippen LogP contribution in [-0.2, 0) is 11.2 Å². The van der Waals surface area contributed by atoms with Gasteiger partial charge in [-0.1, -0.05) is 0 Å².